The predicted molar refractivity (Wildman–Crippen MR) is 58.6 cm³/mol. The molecular weight excluding hydrogens is 172 g/mol. The van der Waals surface area contributed by atoms with E-state index in [9.17, 15) is 5.11 Å². The van der Waals surface area contributed by atoms with Crippen molar-refractivity contribution in [2.24, 2.45) is 0 Å². The first-order valence-electron chi connectivity index (χ1n) is 5.46. The molecule has 76 valence electrons. The summed E-state index contributed by atoms with van der Waals surface area (Å²) in [5, 5.41) is 9.32. The van der Waals surface area contributed by atoms with Gasteiger partial charge in [-0.05, 0) is 48.8 Å². The normalized spacial score (nSPS) is 22.1. The molecule has 1 aliphatic carbocycles. The van der Waals surface area contributed by atoms with E-state index in [-0.39, 0.29) is 6.10 Å². The van der Waals surface area contributed by atoms with Crippen LogP contribution in [0.2, 0.25) is 0 Å². The fraction of sp³-hybridized carbons (Fsp3) is 0.538. The van der Waals surface area contributed by atoms with Crippen molar-refractivity contribution in [3.63, 3.8) is 0 Å². The minimum atomic E-state index is -0.232. The van der Waals surface area contributed by atoms with Crippen LogP contribution in [-0.2, 0) is 12.8 Å². The fourth-order valence-corrected chi connectivity index (χ4v) is 2.33. The van der Waals surface area contributed by atoms with Gasteiger partial charge in [0.1, 0.15) is 0 Å². The monoisotopic (exact) mass is 190 g/mol. The van der Waals surface area contributed by atoms with Gasteiger partial charge in [0.2, 0.25) is 0 Å². The molecule has 0 aliphatic heterocycles. The number of aryl methyl sites for hydroxylation is 1. The number of fused-ring (bicyclic) bond motifs is 1. The smallest absolute Gasteiger partial charge is 0.0552 e. The Hall–Kier alpha value is -0.820. The lowest BCUT2D eigenvalue weighted by molar-refractivity contribution is 0.195. The summed E-state index contributed by atoms with van der Waals surface area (Å²) < 4.78 is 0. The van der Waals surface area contributed by atoms with Gasteiger partial charge in [-0.2, -0.15) is 0 Å². The summed E-state index contributed by atoms with van der Waals surface area (Å²) in [5.74, 6) is 0.707. The molecule has 0 fully saturated rings. The van der Waals surface area contributed by atoms with Crippen LogP contribution in [0.4, 0.5) is 0 Å². The van der Waals surface area contributed by atoms with Gasteiger partial charge in [0.05, 0.1) is 6.10 Å². The molecule has 0 saturated heterocycles. The van der Waals surface area contributed by atoms with Gasteiger partial charge in [0, 0.05) is 0 Å². The van der Waals surface area contributed by atoms with Gasteiger partial charge in [-0.1, -0.05) is 25.1 Å². The molecule has 1 nitrogen and oxygen atoms in total. The lowest BCUT2D eigenvalue weighted by Gasteiger charge is -2.09. The Kier molecular flexibility index (Phi) is 2.60. The van der Waals surface area contributed by atoms with E-state index in [1.54, 1.807) is 0 Å². The van der Waals surface area contributed by atoms with Crippen LogP contribution >= 0.6 is 0 Å². The average molecular weight is 190 g/mol. The highest BCUT2D eigenvalue weighted by Gasteiger charge is 2.18. The highest BCUT2D eigenvalue weighted by Crippen LogP contribution is 2.33. The second-order valence-electron chi connectivity index (χ2n) is 4.53. The molecule has 0 amide bonds. The van der Waals surface area contributed by atoms with Gasteiger partial charge in [-0.15, -0.1) is 0 Å². The SMILES string of the molecule is CC(O)Cc1ccc2c(c1)C(C)CC2. The first kappa shape index (κ1) is 9.72. The molecule has 2 unspecified atom stereocenters. The summed E-state index contributed by atoms with van der Waals surface area (Å²) in [7, 11) is 0. The van der Waals surface area contributed by atoms with Gasteiger partial charge >= 0.3 is 0 Å². The Morgan fingerprint density at radius 1 is 1.50 bits per heavy atom. The zero-order valence-corrected chi connectivity index (χ0v) is 8.96. The van der Waals surface area contributed by atoms with Gasteiger partial charge < -0.3 is 5.11 Å². The lowest BCUT2D eigenvalue weighted by Crippen LogP contribution is -2.04. The van der Waals surface area contributed by atoms with E-state index < -0.39 is 0 Å². The maximum Gasteiger partial charge on any atom is 0.0552 e. The van der Waals surface area contributed by atoms with Crippen LogP contribution in [0.25, 0.3) is 0 Å². The molecule has 1 aliphatic rings. The van der Waals surface area contributed by atoms with Crippen LogP contribution in [0.1, 0.15) is 42.9 Å². The summed E-state index contributed by atoms with van der Waals surface area (Å²) in [5.41, 5.74) is 4.28. The van der Waals surface area contributed by atoms with E-state index in [4.69, 9.17) is 0 Å². The van der Waals surface area contributed by atoms with Crippen molar-refractivity contribution in [2.45, 2.75) is 45.1 Å². The van der Waals surface area contributed by atoms with Crippen molar-refractivity contribution in [2.75, 3.05) is 0 Å². The third-order valence-corrected chi connectivity index (χ3v) is 3.12. The Morgan fingerprint density at radius 3 is 3.00 bits per heavy atom. The van der Waals surface area contributed by atoms with Crippen molar-refractivity contribution in [1.29, 1.82) is 0 Å². The molecule has 0 spiro atoms. The fourth-order valence-electron chi connectivity index (χ4n) is 2.33. The predicted octanol–water partition coefficient (Wildman–Crippen LogP) is 2.66. The van der Waals surface area contributed by atoms with Crippen LogP contribution in [0.3, 0.4) is 0 Å². The van der Waals surface area contributed by atoms with Crippen LogP contribution in [-0.4, -0.2) is 11.2 Å². The van der Waals surface area contributed by atoms with E-state index in [1.165, 1.54) is 29.5 Å². The quantitative estimate of drug-likeness (QED) is 0.760. The molecule has 0 saturated carbocycles. The highest BCUT2D eigenvalue weighted by molar-refractivity contribution is 5.38. The summed E-state index contributed by atoms with van der Waals surface area (Å²) in [4.78, 5) is 0. The van der Waals surface area contributed by atoms with E-state index in [0.29, 0.717) is 5.92 Å². The molecule has 1 N–H and O–H groups in total. The molecule has 1 aromatic carbocycles. The van der Waals surface area contributed by atoms with Crippen LogP contribution in [0.5, 0.6) is 0 Å². The summed E-state index contributed by atoms with van der Waals surface area (Å²) in [6.07, 6.45) is 3.06. The molecule has 2 rings (SSSR count). The van der Waals surface area contributed by atoms with E-state index in [1.807, 2.05) is 6.92 Å². The first-order chi connectivity index (χ1) is 6.66. The van der Waals surface area contributed by atoms with Crippen LogP contribution in [0.15, 0.2) is 18.2 Å². The number of aliphatic hydroxyl groups is 1. The van der Waals surface area contributed by atoms with Crippen LogP contribution in [0, 0.1) is 0 Å². The zero-order chi connectivity index (χ0) is 10.1. The minimum absolute atomic E-state index is 0.232. The molecule has 0 heterocycles. The first-order valence-corrected chi connectivity index (χ1v) is 5.46. The van der Waals surface area contributed by atoms with Gasteiger partial charge in [0.15, 0.2) is 0 Å². The van der Waals surface area contributed by atoms with Crippen molar-refractivity contribution in [3.8, 4) is 0 Å². The topological polar surface area (TPSA) is 20.2 Å². The molecule has 1 aromatic rings. The maximum atomic E-state index is 9.32. The Bertz CT molecular complexity index is 328. The van der Waals surface area contributed by atoms with Crippen molar-refractivity contribution in [3.05, 3.63) is 34.9 Å². The molecule has 0 aromatic heterocycles. The van der Waals surface area contributed by atoms with E-state index >= 15 is 0 Å². The number of hydrogen-bond acceptors (Lipinski definition) is 1. The third-order valence-electron chi connectivity index (χ3n) is 3.12. The van der Waals surface area contributed by atoms with Crippen molar-refractivity contribution >= 4 is 0 Å². The largest absolute Gasteiger partial charge is 0.393 e. The second kappa shape index (κ2) is 3.74. The van der Waals surface area contributed by atoms with Gasteiger partial charge in [0.25, 0.3) is 0 Å². The molecule has 1 heteroatoms. The van der Waals surface area contributed by atoms with Crippen molar-refractivity contribution in [1.82, 2.24) is 0 Å². The molecule has 0 radical (unpaired) electrons. The van der Waals surface area contributed by atoms with E-state index in [0.717, 1.165) is 6.42 Å². The number of rotatable bonds is 2. The summed E-state index contributed by atoms with van der Waals surface area (Å²) >= 11 is 0. The van der Waals surface area contributed by atoms with E-state index in [2.05, 4.69) is 25.1 Å². The van der Waals surface area contributed by atoms with Crippen molar-refractivity contribution < 1.29 is 5.11 Å². The molecule has 14 heavy (non-hydrogen) atoms. The Balaban J connectivity index is 2.26. The number of hydrogen-bond donors (Lipinski definition) is 1. The summed E-state index contributed by atoms with van der Waals surface area (Å²) in [6, 6.07) is 6.67. The zero-order valence-electron chi connectivity index (χ0n) is 8.96. The maximum absolute atomic E-state index is 9.32. The van der Waals surface area contributed by atoms with Gasteiger partial charge in [-0.3, -0.25) is 0 Å². The number of aliphatic hydroxyl groups excluding tert-OH is 1. The number of benzene rings is 1. The second-order valence-corrected chi connectivity index (χ2v) is 4.53. The molecule has 0 bridgehead atoms. The Morgan fingerprint density at radius 2 is 2.29 bits per heavy atom. The molecular formula is C13H18O. The lowest BCUT2D eigenvalue weighted by atomic mass is 9.98. The third kappa shape index (κ3) is 1.83. The minimum Gasteiger partial charge on any atom is -0.393 e. The van der Waals surface area contributed by atoms with Crippen LogP contribution < -0.4 is 0 Å². The van der Waals surface area contributed by atoms with Gasteiger partial charge in [-0.25, -0.2) is 0 Å². The highest BCUT2D eigenvalue weighted by atomic mass is 16.3. The summed E-state index contributed by atoms with van der Waals surface area (Å²) in [6.45, 7) is 4.13. The Labute approximate surface area is 85.8 Å². The average Bonchev–Trinajstić information content (AvgIpc) is 2.47. The standard InChI is InChI=1S/C13H18O/c1-9-3-5-12-6-4-11(7-10(2)14)8-13(9)12/h4,6,8-10,14H,3,5,7H2,1-2H3. The molecule has 2 atom stereocenters.